The van der Waals surface area contributed by atoms with Gasteiger partial charge >= 0.3 is 0 Å². The highest BCUT2D eigenvalue weighted by atomic mass is 16.5. The van der Waals surface area contributed by atoms with Crippen LogP contribution < -0.4 is 15.8 Å². The topological polar surface area (TPSA) is 64.3 Å². The Kier molecular flexibility index (Phi) is 4.25. The van der Waals surface area contributed by atoms with Gasteiger partial charge in [0.05, 0.1) is 18.7 Å². The van der Waals surface area contributed by atoms with Crippen molar-refractivity contribution in [2.45, 2.75) is 13.0 Å². The minimum atomic E-state index is -0.175. The lowest BCUT2D eigenvalue weighted by Gasteiger charge is -2.15. The Balaban J connectivity index is 2.09. The standard InChI is InChI=1S/C16H18N2O2/c1-11(12-7-9-13(20-2)10-8-12)18-16(19)14-5-3-4-6-15(14)17/h3-11H,17H2,1-2H3,(H,18,19)/t11-/m0/s1. The number of para-hydroxylation sites is 1. The van der Waals surface area contributed by atoms with Gasteiger partial charge in [-0.3, -0.25) is 4.79 Å². The Labute approximate surface area is 118 Å². The maximum atomic E-state index is 12.2. The number of rotatable bonds is 4. The molecule has 1 amide bonds. The zero-order valence-electron chi connectivity index (χ0n) is 11.6. The number of amides is 1. The summed E-state index contributed by atoms with van der Waals surface area (Å²) in [5.41, 5.74) is 7.78. The van der Waals surface area contributed by atoms with Crippen LogP contribution in [-0.4, -0.2) is 13.0 Å². The Morgan fingerprint density at radius 3 is 2.40 bits per heavy atom. The van der Waals surface area contributed by atoms with Gasteiger partial charge in [-0.05, 0) is 36.8 Å². The summed E-state index contributed by atoms with van der Waals surface area (Å²) in [4.78, 5) is 12.2. The van der Waals surface area contributed by atoms with E-state index in [9.17, 15) is 4.79 Å². The van der Waals surface area contributed by atoms with E-state index in [1.165, 1.54) is 0 Å². The molecule has 0 saturated heterocycles. The Morgan fingerprint density at radius 1 is 1.15 bits per heavy atom. The number of methoxy groups -OCH3 is 1. The van der Waals surface area contributed by atoms with Crippen LogP contribution in [0.2, 0.25) is 0 Å². The van der Waals surface area contributed by atoms with Crippen LogP contribution in [0.15, 0.2) is 48.5 Å². The molecule has 0 unspecified atom stereocenters. The van der Waals surface area contributed by atoms with E-state index in [0.717, 1.165) is 11.3 Å². The van der Waals surface area contributed by atoms with E-state index in [1.54, 1.807) is 31.4 Å². The highest BCUT2D eigenvalue weighted by molar-refractivity contribution is 5.99. The van der Waals surface area contributed by atoms with E-state index in [1.807, 2.05) is 31.2 Å². The van der Waals surface area contributed by atoms with Crippen LogP contribution in [0.5, 0.6) is 5.75 Å². The second-order valence-corrected chi connectivity index (χ2v) is 4.56. The van der Waals surface area contributed by atoms with Crippen LogP contribution in [0.25, 0.3) is 0 Å². The van der Waals surface area contributed by atoms with Crippen LogP contribution >= 0.6 is 0 Å². The smallest absolute Gasteiger partial charge is 0.253 e. The summed E-state index contributed by atoms with van der Waals surface area (Å²) < 4.78 is 5.11. The minimum absolute atomic E-state index is 0.104. The number of anilines is 1. The molecule has 104 valence electrons. The van der Waals surface area contributed by atoms with E-state index in [-0.39, 0.29) is 11.9 Å². The number of carbonyl (C=O) groups excluding carboxylic acids is 1. The molecular formula is C16H18N2O2. The van der Waals surface area contributed by atoms with E-state index in [2.05, 4.69) is 5.32 Å². The van der Waals surface area contributed by atoms with E-state index in [0.29, 0.717) is 11.3 Å². The Bertz CT molecular complexity index is 594. The second kappa shape index (κ2) is 6.10. The summed E-state index contributed by atoms with van der Waals surface area (Å²) in [6.07, 6.45) is 0. The molecule has 0 aliphatic carbocycles. The Hall–Kier alpha value is -2.49. The number of nitrogen functional groups attached to an aromatic ring is 1. The summed E-state index contributed by atoms with van der Waals surface area (Å²) in [7, 11) is 1.62. The predicted octanol–water partition coefficient (Wildman–Crippen LogP) is 2.77. The lowest BCUT2D eigenvalue weighted by molar-refractivity contribution is 0.0941. The zero-order valence-corrected chi connectivity index (χ0v) is 11.6. The number of nitrogens with one attached hydrogen (secondary N) is 1. The fraction of sp³-hybridized carbons (Fsp3) is 0.188. The van der Waals surface area contributed by atoms with Crippen molar-refractivity contribution in [2.75, 3.05) is 12.8 Å². The molecule has 2 rings (SSSR count). The molecule has 2 aromatic carbocycles. The molecule has 0 fully saturated rings. The van der Waals surface area contributed by atoms with Crippen molar-refractivity contribution in [3.63, 3.8) is 0 Å². The normalized spacial score (nSPS) is 11.7. The van der Waals surface area contributed by atoms with Crippen LogP contribution in [0.1, 0.15) is 28.9 Å². The van der Waals surface area contributed by atoms with Crippen molar-refractivity contribution in [1.82, 2.24) is 5.32 Å². The molecule has 0 spiro atoms. The Morgan fingerprint density at radius 2 is 1.80 bits per heavy atom. The molecule has 0 aliphatic rings. The number of nitrogens with two attached hydrogens (primary N) is 1. The van der Waals surface area contributed by atoms with Crippen molar-refractivity contribution in [2.24, 2.45) is 0 Å². The van der Waals surface area contributed by atoms with Crippen molar-refractivity contribution >= 4 is 11.6 Å². The number of carbonyl (C=O) groups is 1. The molecule has 4 nitrogen and oxygen atoms in total. The zero-order chi connectivity index (χ0) is 14.5. The van der Waals surface area contributed by atoms with Gasteiger partial charge in [0.15, 0.2) is 0 Å². The molecule has 0 saturated carbocycles. The fourth-order valence-corrected chi connectivity index (χ4v) is 1.95. The summed E-state index contributed by atoms with van der Waals surface area (Å²) >= 11 is 0. The first-order chi connectivity index (χ1) is 9.61. The van der Waals surface area contributed by atoms with E-state index < -0.39 is 0 Å². The highest BCUT2D eigenvalue weighted by Gasteiger charge is 2.13. The number of hydrogen-bond donors (Lipinski definition) is 2. The lowest BCUT2D eigenvalue weighted by Crippen LogP contribution is -2.27. The molecule has 0 aliphatic heterocycles. The average Bonchev–Trinajstić information content (AvgIpc) is 2.47. The predicted molar refractivity (Wildman–Crippen MR) is 79.7 cm³/mol. The largest absolute Gasteiger partial charge is 0.497 e. The van der Waals surface area contributed by atoms with Crippen LogP contribution in [0, 0.1) is 0 Å². The van der Waals surface area contributed by atoms with Crippen molar-refractivity contribution in [3.05, 3.63) is 59.7 Å². The monoisotopic (exact) mass is 270 g/mol. The third kappa shape index (κ3) is 3.09. The van der Waals surface area contributed by atoms with Gasteiger partial charge < -0.3 is 15.8 Å². The van der Waals surface area contributed by atoms with Gasteiger partial charge in [0.1, 0.15) is 5.75 Å². The summed E-state index contributed by atoms with van der Waals surface area (Å²) in [5, 5.41) is 2.93. The van der Waals surface area contributed by atoms with Gasteiger partial charge in [0, 0.05) is 5.69 Å². The maximum Gasteiger partial charge on any atom is 0.253 e. The van der Waals surface area contributed by atoms with Gasteiger partial charge in [-0.2, -0.15) is 0 Å². The molecule has 1 atom stereocenters. The van der Waals surface area contributed by atoms with Crippen LogP contribution in [0.3, 0.4) is 0 Å². The molecule has 0 radical (unpaired) electrons. The maximum absolute atomic E-state index is 12.2. The third-order valence-electron chi connectivity index (χ3n) is 3.17. The van der Waals surface area contributed by atoms with Crippen molar-refractivity contribution in [3.8, 4) is 5.75 Å². The SMILES string of the molecule is COc1ccc([C@H](C)NC(=O)c2ccccc2N)cc1. The first-order valence-corrected chi connectivity index (χ1v) is 6.41. The number of ether oxygens (including phenoxy) is 1. The fourth-order valence-electron chi connectivity index (χ4n) is 1.95. The molecule has 4 heteroatoms. The summed E-state index contributed by atoms with van der Waals surface area (Å²) in [6.45, 7) is 1.93. The van der Waals surface area contributed by atoms with Crippen LogP contribution in [0.4, 0.5) is 5.69 Å². The van der Waals surface area contributed by atoms with E-state index >= 15 is 0 Å². The minimum Gasteiger partial charge on any atom is -0.497 e. The molecular weight excluding hydrogens is 252 g/mol. The summed E-state index contributed by atoms with van der Waals surface area (Å²) in [6, 6.07) is 14.5. The molecule has 20 heavy (non-hydrogen) atoms. The first-order valence-electron chi connectivity index (χ1n) is 6.41. The molecule has 3 N–H and O–H groups in total. The van der Waals surface area contributed by atoms with Crippen molar-refractivity contribution in [1.29, 1.82) is 0 Å². The average molecular weight is 270 g/mol. The van der Waals surface area contributed by atoms with Gasteiger partial charge in [-0.25, -0.2) is 0 Å². The molecule has 0 heterocycles. The lowest BCUT2D eigenvalue weighted by atomic mass is 10.1. The molecule has 2 aromatic rings. The molecule has 0 bridgehead atoms. The van der Waals surface area contributed by atoms with Gasteiger partial charge in [-0.15, -0.1) is 0 Å². The highest BCUT2D eigenvalue weighted by Crippen LogP contribution is 2.18. The van der Waals surface area contributed by atoms with Gasteiger partial charge in [-0.1, -0.05) is 24.3 Å². The van der Waals surface area contributed by atoms with Gasteiger partial charge in [0.2, 0.25) is 0 Å². The van der Waals surface area contributed by atoms with Gasteiger partial charge in [0.25, 0.3) is 5.91 Å². The molecule has 0 aromatic heterocycles. The first kappa shape index (κ1) is 13.9. The van der Waals surface area contributed by atoms with Crippen LogP contribution in [-0.2, 0) is 0 Å². The number of hydrogen-bond acceptors (Lipinski definition) is 3. The van der Waals surface area contributed by atoms with Crippen molar-refractivity contribution < 1.29 is 9.53 Å². The third-order valence-corrected chi connectivity index (χ3v) is 3.17. The quantitative estimate of drug-likeness (QED) is 0.840. The second-order valence-electron chi connectivity index (χ2n) is 4.56. The van der Waals surface area contributed by atoms with E-state index in [4.69, 9.17) is 10.5 Å². The number of benzene rings is 2. The summed E-state index contributed by atoms with van der Waals surface area (Å²) in [5.74, 6) is 0.617.